The number of likely N-dealkylation sites (tertiary alicyclic amines) is 2. The molecule has 2 aromatic carbocycles. The summed E-state index contributed by atoms with van der Waals surface area (Å²) in [6, 6.07) is 14.6. The van der Waals surface area contributed by atoms with E-state index in [9.17, 15) is 23.6 Å². The molecule has 0 unspecified atom stereocenters. The van der Waals surface area contributed by atoms with Crippen LogP contribution in [0.1, 0.15) is 48.3 Å². The van der Waals surface area contributed by atoms with Crippen molar-refractivity contribution in [2.45, 2.75) is 39.0 Å². The Labute approximate surface area is 254 Å². The van der Waals surface area contributed by atoms with E-state index in [1.807, 2.05) is 30.3 Å². The fraction of sp³-hybridized carbons (Fsp3) is 0.406. The first-order chi connectivity index (χ1) is 20.9. The molecule has 11 nitrogen and oxygen atoms in total. The molecule has 0 saturated carbocycles. The lowest BCUT2D eigenvalue weighted by Crippen LogP contribution is -2.64. The maximum atomic E-state index is 14.2. The van der Waals surface area contributed by atoms with Gasteiger partial charge in [0.25, 0.3) is 5.91 Å². The van der Waals surface area contributed by atoms with E-state index >= 15 is 0 Å². The summed E-state index contributed by atoms with van der Waals surface area (Å²) >= 11 is 0. The lowest BCUT2D eigenvalue weighted by atomic mass is 9.71. The van der Waals surface area contributed by atoms with Crippen molar-refractivity contribution >= 4 is 24.0 Å². The molecule has 44 heavy (non-hydrogen) atoms. The summed E-state index contributed by atoms with van der Waals surface area (Å²) in [6.07, 6.45) is 1.85. The van der Waals surface area contributed by atoms with Crippen LogP contribution in [-0.4, -0.2) is 86.9 Å². The highest BCUT2D eigenvalue weighted by atomic mass is 19.1. The fourth-order valence-corrected chi connectivity index (χ4v) is 6.23. The van der Waals surface area contributed by atoms with Crippen LogP contribution in [0.5, 0.6) is 0 Å². The minimum Gasteiger partial charge on any atom is -0.446 e. The topological polar surface area (TPSA) is 114 Å². The normalized spacial score (nSPS) is 20.9. The zero-order valence-electron chi connectivity index (χ0n) is 24.8. The molecule has 6 rings (SSSR count). The summed E-state index contributed by atoms with van der Waals surface area (Å²) in [7, 11) is 0. The molecule has 1 spiro atoms. The number of hydrogen-bond acceptors (Lipinski definition) is 7. The van der Waals surface area contributed by atoms with Gasteiger partial charge in [0.15, 0.2) is 0 Å². The molecule has 0 bridgehead atoms. The predicted molar refractivity (Wildman–Crippen MR) is 155 cm³/mol. The van der Waals surface area contributed by atoms with Crippen molar-refractivity contribution in [2.75, 3.05) is 32.8 Å². The lowest BCUT2D eigenvalue weighted by Gasteiger charge is -2.50. The molecule has 3 fully saturated rings. The Morgan fingerprint density at radius 3 is 2.39 bits per heavy atom. The number of cyclic esters (lactones) is 1. The SMILES string of the molecule is CC(C)(C)OC(=O)N1CC2(C1)CN(C(=O)c1cnn(Cc3ccc(F)cc3)c1)C[C@H]2C(=O)N1C(=O)OC[C@H]1c1ccccc1. The summed E-state index contributed by atoms with van der Waals surface area (Å²) < 4.78 is 25.8. The highest BCUT2D eigenvalue weighted by Gasteiger charge is 2.61. The highest BCUT2D eigenvalue weighted by molar-refractivity contribution is 5.98. The van der Waals surface area contributed by atoms with E-state index in [1.54, 1.807) is 48.7 Å². The van der Waals surface area contributed by atoms with Gasteiger partial charge in [0.1, 0.15) is 24.1 Å². The summed E-state index contributed by atoms with van der Waals surface area (Å²) in [5.41, 5.74) is 0.466. The van der Waals surface area contributed by atoms with Gasteiger partial charge in [-0.05, 0) is 44.0 Å². The number of aromatic nitrogens is 2. The first-order valence-corrected chi connectivity index (χ1v) is 14.5. The maximum absolute atomic E-state index is 14.2. The van der Waals surface area contributed by atoms with Crippen LogP contribution in [-0.2, 0) is 20.8 Å². The highest BCUT2D eigenvalue weighted by Crippen LogP contribution is 2.47. The first kappa shape index (κ1) is 29.3. The van der Waals surface area contributed by atoms with Crippen LogP contribution >= 0.6 is 0 Å². The van der Waals surface area contributed by atoms with Gasteiger partial charge in [0, 0.05) is 37.8 Å². The first-order valence-electron chi connectivity index (χ1n) is 14.5. The third-order valence-electron chi connectivity index (χ3n) is 8.33. The monoisotopic (exact) mass is 603 g/mol. The van der Waals surface area contributed by atoms with Crippen LogP contribution < -0.4 is 0 Å². The zero-order chi connectivity index (χ0) is 31.2. The molecule has 4 amide bonds. The van der Waals surface area contributed by atoms with Gasteiger partial charge in [-0.1, -0.05) is 42.5 Å². The number of imide groups is 1. The van der Waals surface area contributed by atoms with Crippen molar-refractivity contribution in [1.29, 1.82) is 0 Å². The van der Waals surface area contributed by atoms with Gasteiger partial charge in [-0.25, -0.2) is 18.9 Å². The number of hydrogen-bond donors (Lipinski definition) is 0. The lowest BCUT2D eigenvalue weighted by molar-refractivity contribution is -0.141. The molecule has 1 aromatic heterocycles. The maximum Gasteiger partial charge on any atom is 0.417 e. The molecule has 0 radical (unpaired) electrons. The second-order valence-electron chi connectivity index (χ2n) is 12.7. The van der Waals surface area contributed by atoms with E-state index in [0.29, 0.717) is 12.1 Å². The molecule has 230 valence electrons. The smallest absolute Gasteiger partial charge is 0.417 e. The second kappa shape index (κ2) is 11.1. The van der Waals surface area contributed by atoms with Gasteiger partial charge in [-0.3, -0.25) is 14.3 Å². The number of amides is 4. The second-order valence-corrected chi connectivity index (χ2v) is 12.7. The van der Waals surface area contributed by atoms with E-state index < -0.39 is 41.1 Å². The van der Waals surface area contributed by atoms with Crippen molar-refractivity contribution in [1.82, 2.24) is 24.5 Å². The summed E-state index contributed by atoms with van der Waals surface area (Å²) in [4.78, 5) is 57.9. The van der Waals surface area contributed by atoms with Crippen LogP contribution in [0.4, 0.5) is 14.0 Å². The average molecular weight is 604 g/mol. The number of carbonyl (C=O) groups excluding carboxylic acids is 4. The van der Waals surface area contributed by atoms with E-state index in [-0.39, 0.29) is 44.5 Å². The molecule has 3 saturated heterocycles. The minimum absolute atomic E-state index is 0.0359. The number of halogens is 1. The summed E-state index contributed by atoms with van der Waals surface area (Å²) in [5.74, 6) is -1.84. The van der Waals surface area contributed by atoms with E-state index in [1.165, 1.54) is 23.2 Å². The quantitative estimate of drug-likeness (QED) is 0.432. The molecular formula is C32H34FN5O6. The van der Waals surface area contributed by atoms with Gasteiger partial charge >= 0.3 is 12.2 Å². The third kappa shape index (κ3) is 5.63. The molecule has 12 heteroatoms. The van der Waals surface area contributed by atoms with Gasteiger partial charge in [0.05, 0.1) is 24.2 Å². The molecule has 4 heterocycles. The van der Waals surface area contributed by atoms with E-state index in [2.05, 4.69) is 5.10 Å². The fourth-order valence-electron chi connectivity index (χ4n) is 6.23. The van der Waals surface area contributed by atoms with Crippen LogP contribution in [0.15, 0.2) is 67.0 Å². The van der Waals surface area contributed by atoms with Gasteiger partial charge in [0.2, 0.25) is 5.91 Å². The van der Waals surface area contributed by atoms with Crippen LogP contribution in [0.25, 0.3) is 0 Å². The summed E-state index contributed by atoms with van der Waals surface area (Å²) in [6.45, 7) is 6.40. The third-order valence-corrected chi connectivity index (χ3v) is 8.33. The standard InChI is InChI=1S/C32H34FN5O6/c1-31(2,3)44-29(41)36-19-32(20-36)18-35(27(39)23-13-34-37(15-23)14-21-9-11-24(33)12-10-21)16-25(32)28(40)38-26(17-43-30(38)42)22-7-5-4-6-8-22/h4-13,15,25-26H,14,16-20H2,1-3H3/t25-,26-/m0/s1. The molecular weight excluding hydrogens is 569 g/mol. The largest absolute Gasteiger partial charge is 0.446 e. The number of ether oxygens (including phenoxy) is 2. The number of rotatable bonds is 5. The molecule has 3 aromatic rings. The van der Waals surface area contributed by atoms with Gasteiger partial charge in [-0.2, -0.15) is 5.10 Å². The zero-order valence-corrected chi connectivity index (χ0v) is 24.8. The van der Waals surface area contributed by atoms with Crippen molar-refractivity contribution in [3.05, 3.63) is 89.5 Å². The Hall–Kier alpha value is -4.74. The molecule has 3 aliphatic heterocycles. The van der Waals surface area contributed by atoms with Crippen LogP contribution in [0.2, 0.25) is 0 Å². The van der Waals surface area contributed by atoms with Crippen molar-refractivity contribution < 1.29 is 33.0 Å². The summed E-state index contributed by atoms with van der Waals surface area (Å²) in [5, 5.41) is 4.31. The average Bonchev–Trinajstić information content (AvgIpc) is 3.69. The van der Waals surface area contributed by atoms with Gasteiger partial charge in [-0.15, -0.1) is 0 Å². The van der Waals surface area contributed by atoms with E-state index in [4.69, 9.17) is 9.47 Å². The number of carbonyl (C=O) groups is 4. The van der Waals surface area contributed by atoms with Crippen molar-refractivity contribution in [2.24, 2.45) is 11.3 Å². The van der Waals surface area contributed by atoms with Crippen molar-refractivity contribution in [3.8, 4) is 0 Å². The number of nitrogens with zero attached hydrogens (tertiary/aromatic N) is 5. The molecule has 0 N–H and O–H groups in total. The Bertz CT molecular complexity index is 1580. The Morgan fingerprint density at radius 1 is 1.02 bits per heavy atom. The molecule has 2 atom stereocenters. The number of benzene rings is 2. The molecule has 3 aliphatic rings. The Balaban J connectivity index is 1.24. The van der Waals surface area contributed by atoms with Gasteiger partial charge < -0.3 is 19.3 Å². The Kier molecular flexibility index (Phi) is 7.38. The molecule has 0 aliphatic carbocycles. The predicted octanol–water partition coefficient (Wildman–Crippen LogP) is 4.10. The van der Waals surface area contributed by atoms with Crippen molar-refractivity contribution in [3.63, 3.8) is 0 Å². The minimum atomic E-state index is -0.766. The Morgan fingerprint density at radius 2 is 1.70 bits per heavy atom. The van der Waals surface area contributed by atoms with E-state index in [0.717, 1.165) is 16.0 Å². The van der Waals surface area contributed by atoms with Crippen LogP contribution in [0.3, 0.4) is 0 Å². The van der Waals surface area contributed by atoms with Crippen LogP contribution in [0, 0.1) is 17.2 Å².